The summed E-state index contributed by atoms with van der Waals surface area (Å²) in [5, 5.41) is 8.26. The number of thiazole rings is 1. The van der Waals surface area contributed by atoms with E-state index in [0.29, 0.717) is 17.2 Å². The van der Waals surface area contributed by atoms with E-state index in [0.717, 1.165) is 21.1 Å². The number of rotatable bonds is 6. The molecule has 35 heavy (non-hydrogen) atoms. The zero-order valence-electron chi connectivity index (χ0n) is 19.3. The summed E-state index contributed by atoms with van der Waals surface area (Å²) in [6, 6.07) is 20.4. The number of aromatic nitrogens is 3. The highest BCUT2D eigenvalue weighted by atomic mass is 32.1. The van der Waals surface area contributed by atoms with E-state index in [-0.39, 0.29) is 24.6 Å². The van der Waals surface area contributed by atoms with Crippen LogP contribution in [-0.4, -0.2) is 39.4 Å². The van der Waals surface area contributed by atoms with Crippen LogP contribution in [0.15, 0.2) is 71.5 Å². The van der Waals surface area contributed by atoms with E-state index >= 15 is 0 Å². The van der Waals surface area contributed by atoms with Gasteiger partial charge in [0.15, 0.2) is 11.5 Å². The maximum atomic E-state index is 12.7. The molecule has 1 amide bonds. The van der Waals surface area contributed by atoms with Crippen LogP contribution in [0.25, 0.3) is 21.1 Å². The Morgan fingerprint density at radius 2 is 1.74 bits per heavy atom. The number of aryl methyl sites for hydroxylation is 1. The van der Waals surface area contributed by atoms with Crippen molar-refractivity contribution in [3.63, 3.8) is 0 Å². The van der Waals surface area contributed by atoms with Crippen LogP contribution in [0, 0.1) is 6.92 Å². The van der Waals surface area contributed by atoms with Gasteiger partial charge in [0.05, 0.1) is 17.1 Å². The highest BCUT2D eigenvalue weighted by Crippen LogP contribution is 2.34. The molecule has 9 heteroatoms. The van der Waals surface area contributed by atoms with Crippen LogP contribution in [0.3, 0.4) is 0 Å². The Balaban J connectivity index is 1.26. The van der Waals surface area contributed by atoms with Gasteiger partial charge in [0.25, 0.3) is 11.5 Å². The van der Waals surface area contributed by atoms with Gasteiger partial charge in [-0.05, 0) is 32.0 Å². The van der Waals surface area contributed by atoms with Crippen LogP contribution in [-0.2, 0) is 11.3 Å². The number of amides is 1. The second kappa shape index (κ2) is 9.71. The van der Waals surface area contributed by atoms with Gasteiger partial charge in [-0.1, -0.05) is 42.5 Å². The summed E-state index contributed by atoms with van der Waals surface area (Å²) in [6.45, 7) is 4.17. The summed E-state index contributed by atoms with van der Waals surface area (Å²) in [6.07, 6.45) is -1.22. The Morgan fingerprint density at radius 1 is 1.03 bits per heavy atom. The summed E-state index contributed by atoms with van der Waals surface area (Å²) in [5.41, 5.74) is 2.31. The van der Waals surface area contributed by atoms with Crippen LogP contribution < -0.4 is 20.3 Å². The fraction of sp³-hybridized carbons (Fsp3) is 0.231. The number of benzene rings is 2. The van der Waals surface area contributed by atoms with Crippen LogP contribution in [0.5, 0.6) is 11.5 Å². The van der Waals surface area contributed by atoms with Crippen molar-refractivity contribution in [1.29, 1.82) is 0 Å². The number of nitrogens with one attached hydrogen (secondary N) is 1. The SMILES string of the molecule is Cc1nc(-c2ccccc2)sc1-c1ccc(=O)n(CCNC(=O)C2Oc3ccccc3OC2C)n1. The molecule has 178 valence electrons. The molecular weight excluding hydrogens is 464 g/mol. The monoisotopic (exact) mass is 488 g/mol. The molecule has 2 aromatic carbocycles. The van der Waals surface area contributed by atoms with Crippen molar-refractivity contribution < 1.29 is 14.3 Å². The lowest BCUT2D eigenvalue weighted by molar-refractivity contribution is -0.133. The topological polar surface area (TPSA) is 95.3 Å². The van der Waals surface area contributed by atoms with Crippen LogP contribution in [0.1, 0.15) is 12.6 Å². The number of nitrogens with zero attached hydrogens (tertiary/aromatic N) is 3. The van der Waals surface area contributed by atoms with E-state index < -0.39 is 12.2 Å². The summed E-state index contributed by atoms with van der Waals surface area (Å²) >= 11 is 1.53. The molecule has 1 N–H and O–H groups in total. The quantitative estimate of drug-likeness (QED) is 0.445. The molecule has 5 rings (SSSR count). The molecule has 1 aliphatic rings. The Kier molecular flexibility index (Phi) is 6.33. The third-order valence-corrected chi connectivity index (χ3v) is 6.87. The summed E-state index contributed by atoms with van der Waals surface area (Å²) < 4.78 is 13.0. The van der Waals surface area contributed by atoms with Gasteiger partial charge in [-0.15, -0.1) is 11.3 Å². The second-order valence-corrected chi connectivity index (χ2v) is 9.18. The van der Waals surface area contributed by atoms with Crippen molar-refractivity contribution in [1.82, 2.24) is 20.1 Å². The lowest BCUT2D eigenvalue weighted by Crippen LogP contribution is -2.49. The highest BCUT2D eigenvalue weighted by Gasteiger charge is 2.33. The first kappa shape index (κ1) is 22.8. The van der Waals surface area contributed by atoms with E-state index in [1.807, 2.05) is 49.4 Å². The molecule has 2 atom stereocenters. The minimum absolute atomic E-state index is 0.223. The summed E-state index contributed by atoms with van der Waals surface area (Å²) in [7, 11) is 0. The third-order valence-electron chi connectivity index (χ3n) is 5.64. The molecule has 2 aromatic heterocycles. The van der Waals surface area contributed by atoms with Gasteiger partial charge in [-0.25, -0.2) is 9.67 Å². The summed E-state index contributed by atoms with van der Waals surface area (Å²) in [5.74, 6) is 0.846. The van der Waals surface area contributed by atoms with Crippen molar-refractivity contribution in [2.75, 3.05) is 6.54 Å². The average Bonchev–Trinajstić information content (AvgIpc) is 3.26. The fourth-order valence-corrected chi connectivity index (χ4v) is 4.90. The van der Waals surface area contributed by atoms with E-state index in [9.17, 15) is 9.59 Å². The van der Waals surface area contributed by atoms with Crippen molar-refractivity contribution in [3.05, 3.63) is 82.8 Å². The summed E-state index contributed by atoms with van der Waals surface area (Å²) in [4.78, 5) is 30.7. The van der Waals surface area contributed by atoms with Gasteiger partial charge < -0.3 is 14.8 Å². The first-order valence-electron chi connectivity index (χ1n) is 11.3. The molecule has 0 spiro atoms. The first-order chi connectivity index (χ1) is 17.0. The molecule has 8 nitrogen and oxygen atoms in total. The number of fused-ring (bicyclic) bond motifs is 1. The molecule has 2 unspecified atom stereocenters. The number of ether oxygens (including phenoxy) is 2. The Morgan fingerprint density at radius 3 is 2.51 bits per heavy atom. The fourth-order valence-electron chi connectivity index (χ4n) is 3.86. The standard InChI is InChI=1S/C26H24N4O4S/c1-16-24(35-26(28-16)18-8-4-3-5-9-18)19-12-13-22(31)30(29-19)15-14-27-25(32)23-17(2)33-20-10-6-7-11-21(20)34-23/h3-13,17,23H,14-15H2,1-2H3,(H,27,32). The zero-order valence-corrected chi connectivity index (χ0v) is 20.1. The normalized spacial score (nSPS) is 16.6. The molecular formula is C26H24N4O4S. The molecule has 1 aliphatic heterocycles. The van der Waals surface area contributed by atoms with Crippen LogP contribution in [0.2, 0.25) is 0 Å². The second-order valence-electron chi connectivity index (χ2n) is 8.18. The van der Waals surface area contributed by atoms with E-state index in [1.165, 1.54) is 22.1 Å². The predicted octanol–water partition coefficient (Wildman–Crippen LogP) is 3.69. The molecule has 0 fully saturated rings. The Bertz CT molecular complexity index is 1420. The molecule has 4 aromatic rings. The maximum absolute atomic E-state index is 12.7. The lowest BCUT2D eigenvalue weighted by Gasteiger charge is -2.31. The molecule has 0 bridgehead atoms. The largest absolute Gasteiger partial charge is 0.482 e. The average molecular weight is 489 g/mol. The maximum Gasteiger partial charge on any atom is 0.266 e. The molecule has 0 saturated heterocycles. The van der Waals surface area contributed by atoms with Crippen LogP contribution in [0.4, 0.5) is 0 Å². The number of carbonyl (C=O) groups excluding carboxylic acids is 1. The van der Waals surface area contributed by atoms with Gasteiger partial charge in [0.2, 0.25) is 6.10 Å². The highest BCUT2D eigenvalue weighted by molar-refractivity contribution is 7.18. The molecule has 0 aliphatic carbocycles. The van der Waals surface area contributed by atoms with E-state index in [1.54, 1.807) is 25.1 Å². The first-order valence-corrected chi connectivity index (χ1v) is 12.1. The smallest absolute Gasteiger partial charge is 0.266 e. The third kappa shape index (κ3) is 4.81. The minimum Gasteiger partial charge on any atom is -0.482 e. The number of hydrogen-bond donors (Lipinski definition) is 1. The van der Waals surface area contributed by atoms with Crippen molar-refractivity contribution in [2.45, 2.75) is 32.6 Å². The van der Waals surface area contributed by atoms with Crippen LogP contribution >= 0.6 is 11.3 Å². The molecule has 0 radical (unpaired) electrons. The molecule has 0 saturated carbocycles. The van der Waals surface area contributed by atoms with E-state index in [4.69, 9.17) is 9.47 Å². The number of para-hydroxylation sites is 2. The van der Waals surface area contributed by atoms with Crippen molar-refractivity contribution in [3.8, 4) is 32.6 Å². The lowest BCUT2D eigenvalue weighted by atomic mass is 10.1. The van der Waals surface area contributed by atoms with Crippen molar-refractivity contribution >= 4 is 17.2 Å². The van der Waals surface area contributed by atoms with Crippen molar-refractivity contribution in [2.24, 2.45) is 0 Å². The zero-order chi connectivity index (χ0) is 24.4. The molecule has 3 heterocycles. The van der Waals surface area contributed by atoms with Gasteiger partial charge in [-0.3, -0.25) is 9.59 Å². The van der Waals surface area contributed by atoms with Gasteiger partial charge >= 0.3 is 0 Å². The van der Waals surface area contributed by atoms with Gasteiger partial charge in [-0.2, -0.15) is 5.10 Å². The van der Waals surface area contributed by atoms with Gasteiger partial charge in [0.1, 0.15) is 16.8 Å². The van der Waals surface area contributed by atoms with Gasteiger partial charge in [0, 0.05) is 18.2 Å². The predicted molar refractivity (Wildman–Crippen MR) is 134 cm³/mol. The van der Waals surface area contributed by atoms with E-state index in [2.05, 4.69) is 15.4 Å². The minimum atomic E-state index is -0.780. The Hall–Kier alpha value is -3.98. The number of hydrogen-bond acceptors (Lipinski definition) is 7. The number of carbonyl (C=O) groups is 1. The Labute approximate surface area is 206 Å².